The number of hydrogen-bond donors (Lipinski definition) is 1. The molecular weight excluding hydrogens is 314 g/mol. The molecule has 1 aliphatic heterocycles. The van der Waals surface area contributed by atoms with Crippen molar-refractivity contribution in [2.75, 3.05) is 11.4 Å². The van der Waals surface area contributed by atoms with Crippen molar-refractivity contribution < 1.29 is 9.59 Å². The number of nitrogens with zero attached hydrogens (tertiary/aromatic N) is 2. The summed E-state index contributed by atoms with van der Waals surface area (Å²) >= 11 is 0. The third kappa shape index (κ3) is 3.53. The summed E-state index contributed by atoms with van der Waals surface area (Å²) in [7, 11) is 0. The van der Waals surface area contributed by atoms with E-state index in [0.29, 0.717) is 17.7 Å². The van der Waals surface area contributed by atoms with E-state index in [1.54, 1.807) is 36.1 Å². The van der Waals surface area contributed by atoms with E-state index in [9.17, 15) is 9.59 Å². The summed E-state index contributed by atoms with van der Waals surface area (Å²) in [6.45, 7) is 2.36. The molecule has 0 saturated carbocycles. The van der Waals surface area contributed by atoms with Crippen LogP contribution in [-0.2, 0) is 11.2 Å². The summed E-state index contributed by atoms with van der Waals surface area (Å²) in [6.07, 6.45) is 1.88. The topological polar surface area (TPSA) is 73.2 Å². The van der Waals surface area contributed by atoms with E-state index < -0.39 is 6.04 Å². The standard InChI is InChI=1S/C20H19N3O2/c1-14(22-19(24)17-10-8-15(13-21)9-11-17)20(25)23-12-4-6-16-5-2-3-7-18(16)23/h2-3,5,7-11,14H,4,6,12H2,1H3,(H,22,24). The molecule has 0 radical (unpaired) electrons. The highest BCUT2D eigenvalue weighted by molar-refractivity contribution is 6.02. The van der Waals surface area contributed by atoms with E-state index in [-0.39, 0.29) is 11.8 Å². The number of benzene rings is 2. The fraction of sp³-hybridized carbons (Fsp3) is 0.250. The van der Waals surface area contributed by atoms with Gasteiger partial charge >= 0.3 is 0 Å². The van der Waals surface area contributed by atoms with Crippen LogP contribution >= 0.6 is 0 Å². The molecule has 2 aromatic rings. The SMILES string of the molecule is CC(NC(=O)c1ccc(C#N)cc1)C(=O)N1CCCc2ccccc21. The Kier molecular flexibility index (Phi) is 4.80. The Morgan fingerprint density at radius 3 is 2.60 bits per heavy atom. The number of carbonyl (C=O) groups is 2. The average molecular weight is 333 g/mol. The van der Waals surface area contributed by atoms with Crippen molar-refractivity contribution in [2.24, 2.45) is 0 Å². The molecule has 0 aliphatic carbocycles. The number of rotatable bonds is 3. The van der Waals surface area contributed by atoms with Gasteiger partial charge < -0.3 is 10.2 Å². The molecule has 1 atom stereocenters. The van der Waals surface area contributed by atoms with Gasteiger partial charge in [-0.2, -0.15) is 5.26 Å². The molecule has 3 rings (SSSR count). The van der Waals surface area contributed by atoms with Crippen LogP contribution in [0.25, 0.3) is 0 Å². The van der Waals surface area contributed by atoms with Gasteiger partial charge in [-0.3, -0.25) is 9.59 Å². The molecule has 0 fully saturated rings. The van der Waals surface area contributed by atoms with Crippen molar-refractivity contribution in [3.63, 3.8) is 0 Å². The Labute approximate surface area is 146 Å². The number of aryl methyl sites for hydroxylation is 1. The summed E-state index contributed by atoms with van der Waals surface area (Å²) in [5, 5.41) is 11.6. The predicted octanol–water partition coefficient (Wildman–Crippen LogP) is 2.66. The van der Waals surface area contributed by atoms with Crippen LogP contribution in [0.1, 0.15) is 34.8 Å². The van der Waals surface area contributed by atoms with Gasteiger partial charge in [-0.1, -0.05) is 18.2 Å². The molecule has 126 valence electrons. The Morgan fingerprint density at radius 1 is 1.16 bits per heavy atom. The van der Waals surface area contributed by atoms with E-state index in [4.69, 9.17) is 5.26 Å². The summed E-state index contributed by atoms with van der Waals surface area (Å²) in [5.74, 6) is -0.440. The predicted molar refractivity (Wildman–Crippen MR) is 95.2 cm³/mol. The molecule has 0 saturated heterocycles. The van der Waals surface area contributed by atoms with Gasteiger partial charge in [0.15, 0.2) is 0 Å². The number of nitriles is 1. The molecule has 5 heteroatoms. The van der Waals surface area contributed by atoms with E-state index >= 15 is 0 Å². The summed E-state index contributed by atoms with van der Waals surface area (Å²) in [5.41, 5.74) is 3.01. The average Bonchev–Trinajstić information content (AvgIpc) is 2.67. The normalized spacial score (nSPS) is 14.2. The Bertz CT molecular complexity index is 837. The van der Waals surface area contributed by atoms with Crippen LogP contribution in [0.15, 0.2) is 48.5 Å². The zero-order chi connectivity index (χ0) is 17.8. The van der Waals surface area contributed by atoms with Crippen LogP contribution in [-0.4, -0.2) is 24.4 Å². The van der Waals surface area contributed by atoms with Crippen molar-refractivity contribution in [1.82, 2.24) is 5.32 Å². The lowest BCUT2D eigenvalue weighted by Gasteiger charge is -2.31. The highest BCUT2D eigenvalue weighted by atomic mass is 16.2. The second-order valence-electron chi connectivity index (χ2n) is 6.11. The first kappa shape index (κ1) is 16.7. The molecule has 2 amide bonds. The number of amides is 2. The number of carbonyl (C=O) groups excluding carboxylic acids is 2. The van der Waals surface area contributed by atoms with Gasteiger partial charge in [-0.25, -0.2) is 0 Å². The lowest BCUT2D eigenvalue weighted by molar-refractivity contribution is -0.120. The molecule has 5 nitrogen and oxygen atoms in total. The van der Waals surface area contributed by atoms with E-state index in [1.807, 2.05) is 30.3 Å². The second-order valence-corrected chi connectivity index (χ2v) is 6.11. The Morgan fingerprint density at radius 2 is 1.88 bits per heavy atom. The Balaban J connectivity index is 1.71. The Hall–Kier alpha value is -3.13. The van der Waals surface area contributed by atoms with Gasteiger partial charge in [0.05, 0.1) is 11.6 Å². The summed E-state index contributed by atoms with van der Waals surface area (Å²) in [4.78, 5) is 26.9. The van der Waals surface area contributed by atoms with Gasteiger partial charge in [0.25, 0.3) is 5.91 Å². The molecule has 1 aliphatic rings. The maximum atomic E-state index is 12.8. The van der Waals surface area contributed by atoms with Crippen molar-refractivity contribution in [3.05, 3.63) is 65.2 Å². The minimum atomic E-state index is -0.630. The first-order valence-electron chi connectivity index (χ1n) is 8.30. The molecule has 0 bridgehead atoms. The van der Waals surface area contributed by atoms with Crippen molar-refractivity contribution in [2.45, 2.75) is 25.8 Å². The first-order chi connectivity index (χ1) is 12.1. The molecule has 0 spiro atoms. The number of anilines is 1. The minimum absolute atomic E-state index is 0.117. The lowest BCUT2D eigenvalue weighted by atomic mass is 10.0. The highest BCUT2D eigenvalue weighted by Crippen LogP contribution is 2.27. The molecule has 1 unspecified atom stereocenters. The number of para-hydroxylation sites is 1. The second kappa shape index (κ2) is 7.18. The largest absolute Gasteiger partial charge is 0.341 e. The fourth-order valence-corrected chi connectivity index (χ4v) is 3.03. The van der Waals surface area contributed by atoms with Crippen molar-refractivity contribution in [3.8, 4) is 6.07 Å². The van der Waals surface area contributed by atoms with Crippen LogP contribution in [0.5, 0.6) is 0 Å². The van der Waals surface area contributed by atoms with E-state index in [1.165, 1.54) is 0 Å². The van der Waals surface area contributed by atoms with Crippen molar-refractivity contribution >= 4 is 17.5 Å². The molecule has 1 N–H and O–H groups in total. The number of fused-ring (bicyclic) bond motifs is 1. The molecule has 0 aromatic heterocycles. The van der Waals surface area contributed by atoms with Crippen LogP contribution in [0, 0.1) is 11.3 Å². The van der Waals surface area contributed by atoms with Gasteiger partial charge in [0.2, 0.25) is 5.91 Å². The molecule has 1 heterocycles. The summed E-state index contributed by atoms with van der Waals surface area (Å²) in [6, 6.07) is 15.6. The van der Waals surface area contributed by atoms with E-state index in [0.717, 1.165) is 24.1 Å². The van der Waals surface area contributed by atoms with Gasteiger partial charge in [0, 0.05) is 17.8 Å². The fourth-order valence-electron chi connectivity index (χ4n) is 3.03. The van der Waals surface area contributed by atoms with Crippen molar-refractivity contribution in [1.29, 1.82) is 5.26 Å². The molecule has 25 heavy (non-hydrogen) atoms. The van der Waals surface area contributed by atoms with Gasteiger partial charge in [-0.15, -0.1) is 0 Å². The lowest BCUT2D eigenvalue weighted by Crippen LogP contribution is -2.48. The smallest absolute Gasteiger partial charge is 0.251 e. The molecular formula is C20H19N3O2. The quantitative estimate of drug-likeness (QED) is 0.938. The van der Waals surface area contributed by atoms with Crippen LogP contribution in [0.4, 0.5) is 5.69 Å². The third-order valence-electron chi connectivity index (χ3n) is 4.37. The maximum Gasteiger partial charge on any atom is 0.251 e. The summed E-state index contributed by atoms with van der Waals surface area (Å²) < 4.78 is 0. The van der Waals surface area contributed by atoms with Crippen LogP contribution < -0.4 is 10.2 Å². The molecule has 2 aromatic carbocycles. The van der Waals surface area contributed by atoms with Crippen LogP contribution in [0.3, 0.4) is 0 Å². The number of nitrogens with one attached hydrogen (secondary N) is 1. The van der Waals surface area contributed by atoms with Gasteiger partial charge in [0.1, 0.15) is 6.04 Å². The van der Waals surface area contributed by atoms with Gasteiger partial charge in [-0.05, 0) is 55.7 Å². The zero-order valence-corrected chi connectivity index (χ0v) is 14.0. The van der Waals surface area contributed by atoms with E-state index in [2.05, 4.69) is 5.32 Å². The van der Waals surface area contributed by atoms with Crippen LogP contribution in [0.2, 0.25) is 0 Å². The number of hydrogen-bond acceptors (Lipinski definition) is 3. The monoisotopic (exact) mass is 333 g/mol. The highest BCUT2D eigenvalue weighted by Gasteiger charge is 2.27. The first-order valence-corrected chi connectivity index (χ1v) is 8.30. The zero-order valence-electron chi connectivity index (χ0n) is 14.0. The maximum absolute atomic E-state index is 12.8. The minimum Gasteiger partial charge on any atom is -0.341 e. The third-order valence-corrected chi connectivity index (χ3v) is 4.37.